The number of carbonyl (C=O) groups is 1. The molecule has 0 radical (unpaired) electrons. The lowest BCUT2D eigenvalue weighted by Gasteiger charge is -2.07. The molecular formula is C11H13N3O2S2. The number of thioether (sulfide) groups is 1. The average Bonchev–Trinajstić information content (AvgIpc) is 2.94. The highest BCUT2D eigenvalue weighted by molar-refractivity contribution is 7.99. The van der Waals surface area contributed by atoms with Crippen molar-refractivity contribution in [1.29, 1.82) is 0 Å². The number of hydrogen-bond acceptors (Lipinski definition) is 5. The van der Waals surface area contributed by atoms with Gasteiger partial charge in [0, 0.05) is 30.2 Å². The second-order valence-corrected chi connectivity index (χ2v) is 5.41. The van der Waals surface area contributed by atoms with Gasteiger partial charge in [-0.2, -0.15) is 0 Å². The van der Waals surface area contributed by atoms with E-state index in [9.17, 15) is 4.79 Å². The summed E-state index contributed by atoms with van der Waals surface area (Å²) in [6.45, 7) is 2.75. The fourth-order valence-electron chi connectivity index (χ4n) is 1.54. The Bertz CT molecular complexity index is 522. The number of aryl methyl sites for hydroxylation is 2. The first-order valence-electron chi connectivity index (χ1n) is 5.40. The summed E-state index contributed by atoms with van der Waals surface area (Å²) in [4.78, 5) is 19.0. The van der Waals surface area contributed by atoms with Crippen LogP contribution in [0.5, 0.6) is 0 Å². The summed E-state index contributed by atoms with van der Waals surface area (Å²) in [7, 11) is 0. The van der Waals surface area contributed by atoms with Gasteiger partial charge in [0.15, 0.2) is 5.16 Å². The van der Waals surface area contributed by atoms with Crippen LogP contribution in [0.4, 0.5) is 0 Å². The lowest BCUT2D eigenvalue weighted by atomic mass is 10.3. The maximum absolute atomic E-state index is 10.6. The van der Waals surface area contributed by atoms with E-state index >= 15 is 0 Å². The molecule has 0 aromatic carbocycles. The molecule has 0 saturated heterocycles. The van der Waals surface area contributed by atoms with Gasteiger partial charge in [0.2, 0.25) is 0 Å². The van der Waals surface area contributed by atoms with Gasteiger partial charge in [-0.15, -0.1) is 11.3 Å². The molecule has 0 bridgehead atoms. The van der Waals surface area contributed by atoms with Gasteiger partial charge in [0.1, 0.15) is 0 Å². The minimum Gasteiger partial charge on any atom is -0.481 e. The fraction of sp³-hybridized carbons (Fsp3) is 0.364. The van der Waals surface area contributed by atoms with Crippen LogP contribution in [0, 0.1) is 6.92 Å². The molecule has 1 N–H and O–H groups in total. The Kier molecular flexibility index (Phi) is 4.38. The van der Waals surface area contributed by atoms with Crippen LogP contribution >= 0.6 is 23.1 Å². The van der Waals surface area contributed by atoms with Crippen LogP contribution in [-0.2, 0) is 17.8 Å². The van der Waals surface area contributed by atoms with Crippen molar-refractivity contribution in [3.8, 4) is 0 Å². The van der Waals surface area contributed by atoms with Gasteiger partial charge in [-0.3, -0.25) is 4.79 Å². The van der Waals surface area contributed by atoms with Crippen LogP contribution in [0.15, 0.2) is 22.2 Å². The summed E-state index contributed by atoms with van der Waals surface area (Å²) in [5.74, 6) is -0.792. The first kappa shape index (κ1) is 13.1. The van der Waals surface area contributed by atoms with Crippen molar-refractivity contribution in [1.82, 2.24) is 14.5 Å². The van der Waals surface area contributed by atoms with Crippen molar-refractivity contribution in [2.75, 3.05) is 5.75 Å². The van der Waals surface area contributed by atoms with E-state index in [1.54, 1.807) is 17.5 Å². The summed E-state index contributed by atoms with van der Waals surface area (Å²) >= 11 is 2.83. The lowest BCUT2D eigenvalue weighted by Crippen LogP contribution is -2.07. The van der Waals surface area contributed by atoms with Crippen molar-refractivity contribution in [2.45, 2.75) is 25.0 Å². The second-order valence-electron chi connectivity index (χ2n) is 3.75. The standard InChI is InChI=1S/C11H13N3O2S2/c1-8-4-12-11(18-6-10(15)16)14(8)3-2-9-5-17-7-13-9/h4-5,7H,2-3,6H2,1H3,(H,15,16). The van der Waals surface area contributed by atoms with Crippen molar-refractivity contribution in [2.24, 2.45) is 0 Å². The Morgan fingerprint density at radius 3 is 3.06 bits per heavy atom. The largest absolute Gasteiger partial charge is 0.481 e. The lowest BCUT2D eigenvalue weighted by molar-refractivity contribution is -0.133. The molecule has 18 heavy (non-hydrogen) atoms. The van der Waals surface area contributed by atoms with Gasteiger partial charge < -0.3 is 9.67 Å². The molecular weight excluding hydrogens is 270 g/mol. The molecule has 2 aromatic heterocycles. The van der Waals surface area contributed by atoms with E-state index in [2.05, 4.69) is 9.97 Å². The summed E-state index contributed by atoms with van der Waals surface area (Å²) in [5.41, 5.74) is 3.91. The smallest absolute Gasteiger partial charge is 0.313 e. The number of nitrogens with zero attached hydrogens (tertiary/aromatic N) is 3. The Labute approximate surface area is 113 Å². The normalized spacial score (nSPS) is 10.7. The molecule has 0 unspecified atom stereocenters. The molecule has 0 atom stereocenters. The quantitative estimate of drug-likeness (QED) is 0.822. The van der Waals surface area contributed by atoms with E-state index in [4.69, 9.17) is 5.11 Å². The average molecular weight is 283 g/mol. The fourth-order valence-corrected chi connectivity index (χ4v) is 2.90. The molecule has 2 heterocycles. The number of hydrogen-bond donors (Lipinski definition) is 1. The Balaban J connectivity index is 2.02. The molecule has 2 aromatic rings. The molecule has 0 fully saturated rings. The number of carboxylic acid groups (broad SMARTS) is 1. The Morgan fingerprint density at radius 2 is 2.39 bits per heavy atom. The minimum absolute atomic E-state index is 0.0349. The number of imidazole rings is 1. The molecule has 0 amide bonds. The van der Waals surface area contributed by atoms with Crippen molar-refractivity contribution in [3.05, 3.63) is 28.5 Å². The van der Waals surface area contributed by atoms with Crippen LogP contribution in [0.2, 0.25) is 0 Å². The first-order chi connectivity index (χ1) is 8.66. The summed E-state index contributed by atoms with van der Waals surface area (Å²) in [6, 6.07) is 0. The molecule has 0 saturated carbocycles. The molecule has 5 nitrogen and oxygen atoms in total. The van der Waals surface area contributed by atoms with Crippen LogP contribution in [0.3, 0.4) is 0 Å². The van der Waals surface area contributed by atoms with E-state index in [1.807, 2.05) is 22.4 Å². The third kappa shape index (κ3) is 3.33. The van der Waals surface area contributed by atoms with Gasteiger partial charge in [-0.05, 0) is 6.92 Å². The maximum Gasteiger partial charge on any atom is 0.313 e. The second kappa shape index (κ2) is 6.01. The zero-order chi connectivity index (χ0) is 13.0. The highest BCUT2D eigenvalue weighted by Gasteiger charge is 2.10. The van der Waals surface area contributed by atoms with Crippen LogP contribution < -0.4 is 0 Å². The molecule has 0 aliphatic heterocycles. The van der Waals surface area contributed by atoms with Gasteiger partial charge in [0.05, 0.1) is 17.0 Å². The molecule has 96 valence electrons. The highest BCUT2D eigenvalue weighted by atomic mass is 32.2. The zero-order valence-electron chi connectivity index (χ0n) is 9.87. The van der Waals surface area contributed by atoms with Gasteiger partial charge in [0.25, 0.3) is 0 Å². The highest BCUT2D eigenvalue weighted by Crippen LogP contribution is 2.18. The van der Waals surface area contributed by atoms with Crippen molar-refractivity contribution >= 4 is 29.1 Å². The monoisotopic (exact) mass is 283 g/mol. The SMILES string of the molecule is Cc1cnc(SCC(=O)O)n1CCc1cscn1. The van der Waals surface area contributed by atoms with Crippen molar-refractivity contribution < 1.29 is 9.90 Å². The summed E-state index contributed by atoms with van der Waals surface area (Å²) in [6.07, 6.45) is 2.60. The van der Waals surface area contributed by atoms with Gasteiger partial charge in [-0.1, -0.05) is 11.8 Å². The summed E-state index contributed by atoms with van der Waals surface area (Å²) < 4.78 is 2.03. The molecule has 7 heteroatoms. The van der Waals surface area contributed by atoms with E-state index in [0.29, 0.717) is 0 Å². The third-order valence-corrected chi connectivity index (χ3v) is 4.03. The minimum atomic E-state index is -0.827. The predicted octanol–water partition coefficient (Wildman–Crippen LogP) is 2.07. The van der Waals surface area contributed by atoms with Gasteiger partial charge in [-0.25, -0.2) is 9.97 Å². The summed E-state index contributed by atoms with van der Waals surface area (Å²) in [5, 5.41) is 11.5. The van der Waals surface area contributed by atoms with E-state index in [1.165, 1.54) is 11.8 Å². The number of thiazole rings is 1. The van der Waals surface area contributed by atoms with Gasteiger partial charge >= 0.3 is 5.97 Å². The Morgan fingerprint density at radius 1 is 1.56 bits per heavy atom. The number of rotatable bonds is 6. The third-order valence-electron chi connectivity index (χ3n) is 2.42. The van der Waals surface area contributed by atoms with E-state index in [-0.39, 0.29) is 5.75 Å². The van der Waals surface area contributed by atoms with Crippen LogP contribution in [0.1, 0.15) is 11.4 Å². The van der Waals surface area contributed by atoms with E-state index < -0.39 is 5.97 Å². The number of aromatic nitrogens is 3. The van der Waals surface area contributed by atoms with Crippen LogP contribution in [0.25, 0.3) is 0 Å². The predicted molar refractivity (Wildman–Crippen MR) is 71.1 cm³/mol. The maximum atomic E-state index is 10.6. The number of carboxylic acids is 1. The Hall–Kier alpha value is -1.34. The van der Waals surface area contributed by atoms with Crippen LogP contribution in [-0.4, -0.2) is 31.4 Å². The number of aliphatic carboxylic acids is 1. The molecule has 2 rings (SSSR count). The van der Waals surface area contributed by atoms with E-state index in [0.717, 1.165) is 29.5 Å². The zero-order valence-corrected chi connectivity index (χ0v) is 11.5. The van der Waals surface area contributed by atoms with Crippen molar-refractivity contribution in [3.63, 3.8) is 0 Å². The molecule has 0 aliphatic rings. The topological polar surface area (TPSA) is 68.0 Å². The molecule has 0 aliphatic carbocycles. The first-order valence-corrected chi connectivity index (χ1v) is 7.33. The molecule has 0 spiro atoms.